The molecule has 0 aromatic carbocycles. The molecular formula is C13H23N. The fraction of sp³-hybridized carbons (Fsp3) is 0.923. The van der Waals surface area contributed by atoms with Crippen molar-refractivity contribution < 1.29 is 0 Å². The lowest BCUT2D eigenvalue weighted by molar-refractivity contribution is 0.0117. The van der Waals surface area contributed by atoms with E-state index in [9.17, 15) is 0 Å². The van der Waals surface area contributed by atoms with E-state index in [-0.39, 0.29) is 5.41 Å². The Labute approximate surface area is 88.5 Å². The maximum atomic E-state index is 8.87. The molecule has 1 aliphatic rings. The van der Waals surface area contributed by atoms with Crippen LogP contribution in [0.25, 0.3) is 0 Å². The van der Waals surface area contributed by atoms with Crippen LogP contribution in [-0.2, 0) is 0 Å². The van der Waals surface area contributed by atoms with Crippen molar-refractivity contribution in [3.63, 3.8) is 0 Å². The highest BCUT2D eigenvalue weighted by Crippen LogP contribution is 2.55. The van der Waals surface area contributed by atoms with Gasteiger partial charge in [-0.15, -0.1) is 0 Å². The van der Waals surface area contributed by atoms with Crippen LogP contribution in [0, 0.1) is 27.6 Å². The Bertz CT molecular complexity index is 239. The fourth-order valence-corrected chi connectivity index (χ4v) is 4.11. The van der Waals surface area contributed by atoms with Gasteiger partial charge in [0.25, 0.3) is 0 Å². The molecule has 0 unspecified atom stereocenters. The molecule has 1 fully saturated rings. The van der Waals surface area contributed by atoms with Crippen LogP contribution in [0.2, 0.25) is 0 Å². The Kier molecular flexibility index (Phi) is 2.69. The van der Waals surface area contributed by atoms with E-state index >= 15 is 0 Å². The minimum Gasteiger partial charge on any atom is -0.198 e. The smallest absolute Gasteiger partial charge is 0.0627 e. The van der Waals surface area contributed by atoms with Crippen molar-refractivity contribution in [1.29, 1.82) is 5.26 Å². The van der Waals surface area contributed by atoms with E-state index in [1.54, 1.807) is 0 Å². The van der Waals surface area contributed by atoms with Crippen LogP contribution < -0.4 is 0 Å². The van der Waals surface area contributed by atoms with E-state index in [1.807, 2.05) is 0 Å². The maximum absolute atomic E-state index is 8.87. The molecule has 0 radical (unpaired) electrons. The summed E-state index contributed by atoms with van der Waals surface area (Å²) in [6, 6.07) is 2.35. The van der Waals surface area contributed by atoms with Gasteiger partial charge >= 0.3 is 0 Å². The summed E-state index contributed by atoms with van der Waals surface area (Å²) in [5, 5.41) is 8.87. The molecule has 0 saturated heterocycles. The van der Waals surface area contributed by atoms with Crippen LogP contribution in [0.4, 0.5) is 0 Å². The van der Waals surface area contributed by atoms with E-state index in [2.05, 4.69) is 40.7 Å². The van der Waals surface area contributed by atoms with Gasteiger partial charge < -0.3 is 0 Å². The highest BCUT2D eigenvalue weighted by Gasteiger charge is 2.44. The molecular weight excluding hydrogens is 170 g/mol. The van der Waals surface area contributed by atoms with Crippen LogP contribution in [0.15, 0.2) is 0 Å². The third-order valence-electron chi connectivity index (χ3n) is 3.27. The summed E-state index contributed by atoms with van der Waals surface area (Å²) in [7, 11) is 0. The highest BCUT2D eigenvalue weighted by atomic mass is 14.5. The summed E-state index contributed by atoms with van der Waals surface area (Å²) >= 11 is 0. The SMILES string of the molecule is CC1(C)CC(C)(C)CC(C)(CC#N)C1. The molecule has 0 bridgehead atoms. The topological polar surface area (TPSA) is 23.8 Å². The van der Waals surface area contributed by atoms with E-state index in [0.29, 0.717) is 17.3 Å². The fourth-order valence-electron chi connectivity index (χ4n) is 4.11. The molecule has 0 aromatic rings. The van der Waals surface area contributed by atoms with Gasteiger partial charge in [-0.05, 0) is 35.5 Å². The molecule has 0 N–H and O–H groups in total. The molecule has 0 spiro atoms. The Morgan fingerprint density at radius 1 is 0.929 bits per heavy atom. The monoisotopic (exact) mass is 193 g/mol. The van der Waals surface area contributed by atoms with Gasteiger partial charge in [0.15, 0.2) is 0 Å². The summed E-state index contributed by atoms with van der Waals surface area (Å²) in [5.41, 5.74) is 1.03. The summed E-state index contributed by atoms with van der Waals surface area (Å²) < 4.78 is 0. The molecule has 0 aliphatic heterocycles. The number of hydrogen-bond donors (Lipinski definition) is 0. The van der Waals surface area contributed by atoms with Crippen LogP contribution in [0.5, 0.6) is 0 Å². The molecule has 14 heavy (non-hydrogen) atoms. The first kappa shape index (κ1) is 11.6. The number of hydrogen-bond acceptors (Lipinski definition) is 1. The third-order valence-corrected chi connectivity index (χ3v) is 3.27. The van der Waals surface area contributed by atoms with Gasteiger partial charge in [0.05, 0.1) is 6.07 Å². The van der Waals surface area contributed by atoms with Gasteiger partial charge in [0.1, 0.15) is 0 Å². The minimum absolute atomic E-state index is 0.236. The second kappa shape index (κ2) is 3.26. The summed E-state index contributed by atoms with van der Waals surface area (Å²) in [4.78, 5) is 0. The standard InChI is InChI=1S/C13H23N/c1-11(2)8-12(3,4)10-13(5,9-11)6-7-14/h6,8-10H2,1-5H3. The first-order valence-electron chi connectivity index (χ1n) is 5.55. The lowest BCUT2D eigenvalue weighted by atomic mass is 9.55. The highest BCUT2D eigenvalue weighted by molar-refractivity contribution is 4.98. The molecule has 1 nitrogen and oxygen atoms in total. The van der Waals surface area contributed by atoms with Crippen molar-refractivity contribution in [2.75, 3.05) is 0 Å². The van der Waals surface area contributed by atoms with Gasteiger partial charge in [-0.1, -0.05) is 34.6 Å². The lowest BCUT2D eigenvalue weighted by Crippen LogP contribution is -2.39. The van der Waals surface area contributed by atoms with Crippen molar-refractivity contribution in [3.05, 3.63) is 0 Å². The van der Waals surface area contributed by atoms with Gasteiger partial charge in [0, 0.05) is 6.42 Å². The largest absolute Gasteiger partial charge is 0.198 e. The van der Waals surface area contributed by atoms with E-state index < -0.39 is 0 Å². The summed E-state index contributed by atoms with van der Waals surface area (Å²) in [6.45, 7) is 11.6. The Morgan fingerprint density at radius 3 is 1.71 bits per heavy atom. The van der Waals surface area contributed by atoms with Crippen LogP contribution in [0.1, 0.15) is 60.3 Å². The quantitative estimate of drug-likeness (QED) is 0.614. The van der Waals surface area contributed by atoms with Gasteiger partial charge in [-0.3, -0.25) is 0 Å². The molecule has 1 heteroatoms. The Morgan fingerprint density at radius 2 is 1.36 bits per heavy atom. The van der Waals surface area contributed by atoms with Crippen molar-refractivity contribution in [1.82, 2.24) is 0 Å². The number of nitriles is 1. The second-order valence-electron chi connectivity index (χ2n) is 7.00. The molecule has 0 aromatic heterocycles. The molecule has 0 atom stereocenters. The Balaban J connectivity index is 2.87. The molecule has 0 heterocycles. The van der Waals surface area contributed by atoms with Crippen molar-refractivity contribution in [2.24, 2.45) is 16.2 Å². The van der Waals surface area contributed by atoms with E-state index in [1.165, 1.54) is 19.3 Å². The predicted molar refractivity (Wildman–Crippen MR) is 59.8 cm³/mol. The van der Waals surface area contributed by atoms with Crippen molar-refractivity contribution in [3.8, 4) is 6.07 Å². The molecule has 0 amide bonds. The first-order chi connectivity index (χ1) is 6.18. The van der Waals surface area contributed by atoms with Gasteiger partial charge in [-0.25, -0.2) is 0 Å². The average Bonchev–Trinajstić information content (AvgIpc) is 1.75. The zero-order chi connectivity index (χ0) is 11.0. The van der Waals surface area contributed by atoms with Gasteiger partial charge in [0.2, 0.25) is 0 Å². The molecule has 80 valence electrons. The number of rotatable bonds is 1. The van der Waals surface area contributed by atoms with Crippen LogP contribution in [-0.4, -0.2) is 0 Å². The minimum atomic E-state index is 0.236. The molecule has 1 saturated carbocycles. The third kappa shape index (κ3) is 2.74. The normalized spacial score (nSPS) is 28.0. The second-order valence-corrected chi connectivity index (χ2v) is 7.00. The van der Waals surface area contributed by atoms with Crippen LogP contribution >= 0.6 is 0 Å². The lowest BCUT2D eigenvalue weighted by Gasteiger charge is -2.50. The summed E-state index contributed by atoms with van der Waals surface area (Å²) in [5.74, 6) is 0. The van der Waals surface area contributed by atoms with E-state index in [4.69, 9.17) is 5.26 Å². The zero-order valence-corrected chi connectivity index (χ0v) is 10.3. The number of nitrogens with zero attached hydrogens (tertiary/aromatic N) is 1. The Hall–Kier alpha value is -0.510. The van der Waals surface area contributed by atoms with Crippen molar-refractivity contribution >= 4 is 0 Å². The predicted octanol–water partition coefficient (Wildman–Crippen LogP) is 4.14. The molecule has 1 rings (SSSR count). The summed E-state index contributed by atoms with van der Waals surface area (Å²) in [6.07, 6.45) is 4.37. The van der Waals surface area contributed by atoms with Gasteiger partial charge in [-0.2, -0.15) is 5.26 Å². The first-order valence-corrected chi connectivity index (χ1v) is 5.55. The zero-order valence-electron chi connectivity index (χ0n) is 10.3. The van der Waals surface area contributed by atoms with E-state index in [0.717, 1.165) is 0 Å². The van der Waals surface area contributed by atoms with Crippen molar-refractivity contribution in [2.45, 2.75) is 60.3 Å². The average molecular weight is 193 g/mol. The van der Waals surface area contributed by atoms with Crippen LogP contribution in [0.3, 0.4) is 0 Å². The maximum Gasteiger partial charge on any atom is 0.0627 e. The molecule has 1 aliphatic carbocycles.